The molecule has 104 valence electrons. The van der Waals surface area contributed by atoms with Crippen LogP contribution < -0.4 is 5.32 Å². The number of carbonyl (C=O) groups is 3. The maximum Gasteiger partial charge on any atom is 0.350 e. The number of esters is 3. The molecule has 1 atom stereocenters. The third kappa shape index (κ3) is 2.69. The minimum atomic E-state index is -1.28. The van der Waals surface area contributed by atoms with E-state index in [-0.39, 0.29) is 11.3 Å². The maximum atomic E-state index is 11.9. The molecule has 0 amide bonds. The Bertz CT molecular complexity index is 457. The SMILES string of the molecule is CC(=O)OC1CCNC1=C1C(=O)OC(C)(C)OC1=O. The van der Waals surface area contributed by atoms with Crippen molar-refractivity contribution in [2.45, 2.75) is 39.1 Å². The van der Waals surface area contributed by atoms with Crippen molar-refractivity contribution in [2.75, 3.05) is 6.54 Å². The van der Waals surface area contributed by atoms with Crippen LogP contribution in [0.1, 0.15) is 27.2 Å². The van der Waals surface area contributed by atoms with Gasteiger partial charge in [-0.05, 0) is 0 Å². The molecule has 2 rings (SSSR count). The zero-order chi connectivity index (χ0) is 14.2. The van der Waals surface area contributed by atoms with Crippen molar-refractivity contribution >= 4 is 17.9 Å². The average molecular weight is 269 g/mol. The Labute approximate surface area is 109 Å². The van der Waals surface area contributed by atoms with Crippen LogP contribution in [0.15, 0.2) is 11.3 Å². The molecule has 2 aliphatic heterocycles. The first kappa shape index (κ1) is 13.4. The van der Waals surface area contributed by atoms with Gasteiger partial charge in [0.05, 0.1) is 5.70 Å². The van der Waals surface area contributed by atoms with Crippen LogP contribution in [0.2, 0.25) is 0 Å². The maximum absolute atomic E-state index is 11.9. The van der Waals surface area contributed by atoms with Crippen molar-refractivity contribution in [1.82, 2.24) is 5.32 Å². The highest BCUT2D eigenvalue weighted by Crippen LogP contribution is 2.28. The normalized spacial score (nSPS) is 25.5. The van der Waals surface area contributed by atoms with E-state index >= 15 is 0 Å². The van der Waals surface area contributed by atoms with Crippen LogP contribution in [0.5, 0.6) is 0 Å². The molecule has 2 heterocycles. The Balaban J connectivity index is 2.32. The monoisotopic (exact) mass is 269 g/mol. The summed E-state index contributed by atoms with van der Waals surface area (Å²) < 4.78 is 15.1. The average Bonchev–Trinajstić information content (AvgIpc) is 2.62. The Morgan fingerprint density at radius 1 is 1.32 bits per heavy atom. The van der Waals surface area contributed by atoms with Gasteiger partial charge in [-0.2, -0.15) is 0 Å². The number of cyclic esters (lactones) is 2. The summed E-state index contributed by atoms with van der Waals surface area (Å²) in [5, 5.41) is 2.87. The van der Waals surface area contributed by atoms with E-state index in [1.807, 2.05) is 0 Å². The van der Waals surface area contributed by atoms with E-state index in [0.717, 1.165) is 0 Å². The van der Waals surface area contributed by atoms with E-state index in [1.54, 1.807) is 0 Å². The van der Waals surface area contributed by atoms with Gasteiger partial charge >= 0.3 is 17.9 Å². The molecule has 7 nitrogen and oxygen atoms in total. The molecule has 2 fully saturated rings. The van der Waals surface area contributed by atoms with Gasteiger partial charge in [0.25, 0.3) is 5.79 Å². The first-order chi connectivity index (χ1) is 8.80. The molecule has 0 aromatic carbocycles. The molecule has 1 unspecified atom stereocenters. The Hall–Kier alpha value is -2.05. The smallest absolute Gasteiger partial charge is 0.350 e. The quantitative estimate of drug-likeness (QED) is 0.407. The van der Waals surface area contributed by atoms with Gasteiger partial charge in [-0.1, -0.05) is 0 Å². The molecule has 0 aliphatic carbocycles. The van der Waals surface area contributed by atoms with Crippen LogP contribution in [0.4, 0.5) is 0 Å². The highest BCUT2D eigenvalue weighted by atomic mass is 16.7. The molecular formula is C12H15NO6. The summed E-state index contributed by atoms with van der Waals surface area (Å²) >= 11 is 0. The van der Waals surface area contributed by atoms with Crippen LogP contribution in [-0.4, -0.2) is 36.3 Å². The Morgan fingerprint density at radius 3 is 2.42 bits per heavy atom. The van der Waals surface area contributed by atoms with Crippen molar-refractivity contribution in [1.29, 1.82) is 0 Å². The standard InChI is InChI=1S/C12H15NO6/c1-6(14)17-7-4-5-13-9(7)8-10(15)18-12(2,3)19-11(8)16/h7,13H,4-5H2,1-3H3. The van der Waals surface area contributed by atoms with Gasteiger partial charge < -0.3 is 19.5 Å². The Morgan fingerprint density at radius 2 is 1.89 bits per heavy atom. The fraction of sp³-hybridized carbons (Fsp3) is 0.583. The molecular weight excluding hydrogens is 254 g/mol. The fourth-order valence-electron chi connectivity index (χ4n) is 2.04. The summed E-state index contributed by atoms with van der Waals surface area (Å²) in [7, 11) is 0. The van der Waals surface area contributed by atoms with Crippen molar-refractivity contribution in [2.24, 2.45) is 0 Å². The number of carbonyl (C=O) groups excluding carboxylic acids is 3. The van der Waals surface area contributed by atoms with E-state index in [0.29, 0.717) is 13.0 Å². The van der Waals surface area contributed by atoms with Crippen LogP contribution in [0.25, 0.3) is 0 Å². The van der Waals surface area contributed by atoms with Gasteiger partial charge in [0.15, 0.2) is 5.57 Å². The number of ether oxygens (including phenoxy) is 3. The molecule has 19 heavy (non-hydrogen) atoms. The molecule has 0 radical (unpaired) electrons. The largest absolute Gasteiger partial charge is 0.456 e. The van der Waals surface area contributed by atoms with Crippen molar-refractivity contribution in [3.63, 3.8) is 0 Å². The summed E-state index contributed by atoms with van der Waals surface area (Å²) in [6, 6.07) is 0. The van der Waals surface area contributed by atoms with Gasteiger partial charge in [-0.15, -0.1) is 0 Å². The van der Waals surface area contributed by atoms with Crippen molar-refractivity contribution in [3.8, 4) is 0 Å². The van der Waals surface area contributed by atoms with Crippen LogP contribution in [0.3, 0.4) is 0 Å². The summed E-state index contributed by atoms with van der Waals surface area (Å²) in [5.74, 6) is -3.32. The van der Waals surface area contributed by atoms with Gasteiger partial charge in [0.2, 0.25) is 0 Å². The molecule has 0 saturated carbocycles. The molecule has 0 aromatic rings. The van der Waals surface area contributed by atoms with E-state index in [2.05, 4.69) is 5.32 Å². The van der Waals surface area contributed by atoms with Crippen molar-refractivity contribution < 1.29 is 28.6 Å². The highest BCUT2D eigenvalue weighted by molar-refractivity contribution is 6.16. The van der Waals surface area contributed by atoms with E-state index in [1.165, 1.54) is 20.8 Å². The lowest BCUT2D eigenvalue weighted by Crippen LogP contribution is -2.43. The molecule has 0 aromatic heterocycles. The second-order valence-electron chi connectivity index (χ2n) is 4.78. The molecule has 1 N–H and O–H groups in total. The summed E-state index contributed by atoms with van der Waals surface area (Å²) in [6.07, 6.45) is -0.156. The lowest BCUT2D eigenvalue weighted by atomic mass is 10.1. The zero-order valence-electron chi connectivity index (χ0n) is 10.9. The van der Waals surface area contributed by atoms with Crippen LogP contribution in [0, 0.1) is 0 Å². The molecule has 2 aliphatic rings. The number of nitrogens with one attached hydrogen (secondary N) is 1. The fourth-order valence-corrected chi connectivity index (χ4v) is 2.04. The van der Waals surface area contributed by atoms with E-state index < -0.39 is 29.8 Å². The number of rotatable bonds is 1. The Kier molecular flexibility index (Phi) is 3.21. The van der Waals surface area contributed by atoms with Crippen LogP contribution >= 0.6 is 0 Å². The third-order valence-electron chi connectivity index (χ3n) is 2.71. The first-order valence-electron chi connectivity index (χ1n) is 5.92. The number of hydrogen-bond acceptors (Lipinski definition) is 7. The third-order valence-corrected chi connectivity index (χ3v) is 2.71. The molecule has 7 heteroatoms. The van der Waals surface area contributed by atoms with Gasteiger partial charge in [-0.25, -0.2) is 9.59 Å². The number of hydrogen-bond donors (Lipinski definition) is 1. The predicted molar refractivity (Wildman–Crippen MR) is 61.5 cm³/mol. The summed E-state index contributed by atoms with van der Waals surface area (Å²) in [4.78, 5) is 34.7. The summed E-state index contributed by atoms with van der Waals surface area (Å²) in [6.45, 7) is 4.70. The minimum absolute atomic E-state index is 0.233. The zero-order valence-corrected chi connectivity index (χ0v) is 10.9. The van der Waals surface area contributed by atoms with Gasteiger partial charge in [0.1, 0.15) is 6.10 Å². The van der Waals surface area contributed by atoms with E-state index in [9.17, 15) is 14.4 Å². The first-order valence-corrected chi connectivity index (χ1v) is 5.92. The van der Waals surface area contributed by atoms with E-state index in [4.69, 9.17) is 14.2 Å². The second kappa shape index (κ2) is 4.56. The summed E-state index contributed by atoms with van der Waals surface area (Å²) in [5.41, 5.74) is 0.0174. The lowest BCUT2D eigenvalue weighted by molar-refractivity contribution is -0.222. The van der Waals surface area contributed by atoms with Gasteiger partial charge in [0, 0.05) is 33.7 Å². The molecule has 0 bridgehead atoms. The topological polar surface area (TPSA) is 90.9 Å². The second-order valence-corrected chi connectivity index (χ2v) is 4.78. The predicted octanol–water partition coefficient (Wildman–Crippen LogP) is 0.00160. The lowest BCUT2D eigenvalue weighted by Gasteiger charge is -2.30. The van der Waals surface area contributed by atoms with Crippen LogP contribution in [-0.2, 0) is 28.6 Å². The molecule has 0 spiro atoms. The van der Waals surface area contributed by atoms with Crippen molar-refractivity contribution in [3.05, 3.63) is 11.3 Å². The van der Waals surface area contributed by atoms with Gasteiger partial charge in [-0.3, -0.25) is 4.79 Å². The highest BCUT2D eigenvalue weighted by Gasteiger charge is 2.43. The minimum Gasteiger partial charge on any atom is -0.456 e. The molecule has 2 saturated heterocycles.